The first-order valence-electron chi connectivity index (χ1n) is 6.68. The van der Waals surface area contributed by atoms with Crippen LogP contribution in [0.5, 0.6) is 0 Å². The van der Waals surface area contributed by atoms with E-state index in [-0.39, 0.29) is 0 Å². The van der Waals surface area contributed by atoms with Gasteiger partial charge in [0.15, 0.2) is 0 Å². The topological polar surface area (TPSA) is 9.23 Å². The van der Waals surface area contributed by atoms with Crippen LogP contribution in [0.25, 0.3) is 0 Å². The maximum absolute atomic E-state index is 6.25. The minimum atomic E-state index is 0.453. The minimum absolute atomic E-state index is 0.453. The van der Waals surface area contributed by atoms with Gasteiger partial charge < -0.3 is 4.74 Å². The fourth-order valence-corrected chi connectivity index (χ4v) is 1.91. The Bertz CT molecular complexity index is 124. The van der Waals surface area contributed by atoms with Gasteiger partial charge >= 0.3 is 0 Å². The molecule has 0 aliphatic rings. The van der Waals surface area contributed by atoms with Crippen LogP contribution in [0.4, 0.5) is 0 Å². The maximum Gasteiger partial charge on any atom is 0.0601 e. The van der Waals surface area contributed by atoms with Crippen LogP contribution in [0, 0.1) is 11.8 Å². The van der Waals surface area contributed by atoms with E-state index in [9.17, 15) is 0 Å². The zero-order valence-corrected chi connectivity index (χ0v) is 11.5. The molecule has 0 aliphatic heterocycles. The average molecular weight is 214 g/mol. The summed E-state index contributed by atoms with van der Waals surface area (Å²) < 4.78 is 6.25. The highest BCUT2D eigenvalue weighted by Gasteiger charge is 2.20. The molecule has 0 heterocycles. The van der Waals surface area contributed by atoms with Gasteiger partial charge in [0, 0.05) is 0 Å². The molecule has 0 aromatic rings. The molecule has 0 bridgehead atoms. The van der Waals surface area contributed by atoms with Gasteiger partial charge in [-0.1, -0.05) is 54.4 Å². The fourth-order valence-electron chi connectivity index (χ4n) is 1.91. The summed E-state index contributed by atoms with van der Waals surface area (Å²) in [6, 6.07) is 0. The van der Waals surface area contributed by atoms with E-state index in [4.69, 9.17) is 4.74 Å². The van der Waals surface area contributed by atoms with Gasteiger partial charge in [0.05, 0.1) is 12.2 Å². The van der Waals surface area contributed by atoms with Crippen molar-refractivity contribution in [2.45, 2.75) is 79.4 Å². The summed E-state index contributed by atoms with van der Waals surface area (Å²) in [7, 11) is 0. The maximum atomic E-state index is 6.25. The van der Waals surface area contributed by atoms with Crippen molar-refractivity contribution in [1.82, 2.24) is 0 Å². The van der Waals surface area contributed by atoms with Crippen molar-refractivity contribution in [3.63, 3.8) is 0 Å². The molecule has 0 rings (SSSR count). The first-order valence-corrected chi connectivity index (χ1v) is 6.68. The van der Waals surface area contributed by atoms with Gasteiger partial charge in [-0.2, -0.15) is 0 Å². The summed E-state index contributed by atoms with van der Waals surface area (Å²) in [6.45, 7) is 13.5. The molecule has 0 saturated heterocycles. The lowest BCUT2D eigenvalue weighted by molar-refractivity contribution is -0.0636. The lowest BCUT2D eigenvalue weighted by Crippen LogP contribution is -2.29. The van der Waals surface area contributed by atoms with Gasteiger partial charge in [-0.15, -0.1) is 0 Å². The molecule has 1 heteroatoms. The zero-order valence-electron chi connectivity index (χ0n) is 11.5. The van der Waals surface area contributed by atoms with Crippen LogP contribution in [0.2, 0.25) is 0 Å². The highest BCUT2D eigenvalue weighted by molar-refractivity contribution is 4.68. The van der Waals surface area contributed by atoms with Crippen LogP contribution in [-0.4, -0.2) is 12.2 Å². The predicted molar refractivity (Wildman–Crippen MR) is 68.2 cm³/mol. The molecule has 15 heavy (non-hydrogen) atoms. The Morgan fingerprint density at radius 2 is 1.07 bits per heavy atom. The van der Waals surface area contributed by atoms with Crippen molar-refractivity contribution >= 4 is 0 Å². The van der Waals surface area contributed by atoms with E-state index in [1.807, 2.05) is 0 Å². The summed E-state index contributed by atoms with van der Waals surface area (Å²) in [6.07, 6.45) is 5.75. The van der Waals surface area contributed by atoms with E-state index in [1.54, 1.807) is 0 Å². The van der Waals surface area contributed by atoms with E-state index in [0.717, 1.165) is 0 Å². The standard InChI is InChI=1S/C14H30O/c1-7-9-13(11(3)4)15-14(10-8-2)12(5)6/h11-14H,7-10H2,1-6H3. The van der Waals surface area contributed by atoms with Crippen molar-refractivity contribution in [3.05, 3.63) is 0 Å². The Hall–Kier alpha value is -0.0400. The van der Waals surface area contributed by atoms with Crippen LogP contribution >= 0.6 is 0 Å². The molecule has 0 radical (unpaired) electrons. The van der Waals surface area contributed by atoms with Gasteiger partial charge in [0.1, 0.15) is 0 Å². The number of hydrogen-bond donors (Lipinski definition) is 0. The second-order valence-electron chi connectivity index (χ2n) is 5.28. The Labute approximate surface area is 96.6 Å². The number of ether oxygens (including phenoxy) is 1. The van der Waals surface area contributed by atoms with E-state index < -0.39 is 0 Å². The summed E-state index contributed by atoms with van der Waals surface area (Å²) in [5.41, 5.74) is 0. The van der Waals surface area contributed by atoms with E-state index in [0.29, 0.717) is 24.0 Å². The molecule has 0 fully saturated rings. The molecule has 1 nitrogen and oxygen atoms in total. The van der Waals surface area contributed by atoms with Crippen molar-refractivity contribution in [1.29, 1.82) is 0 Å². The van der Waals surface area contributed by atoms with Crippen LogP contribution in [0.3, 0.4) is 0 Å². The molecule has 2 atom stereocenters. The third kappa shape index (κ3) is 6.19. The summed E-state index contributed by atoms with van der Waals surface area (Å²) in [5.74, 6) is 1.28. The van der Waals surface area contributed by atoms with Gasteiger partial charge in [-0.05, 0) is 24.7 Å². The third-order valence-electron chi connectivity index (χ3n) is 2.98. The van der Waals surface area contributed by atoms with E-state index >= 15 is 0 Å². The highest BCUT2D eigenvalue weighted by atomic mass is 16.5. The monoisotopic (exact) mass is 214 g/mol. The largest absolute Gasteiger partial charge is 0.374 e. The third-order valence-corrected chi connectivity index (χ3v) is 2.98. The Kier molecular flexibility index (Phi) is 8.13. The molecule has 0 aromatic carbocycles. The van der Waals surface area contributed by atoms with Gasteiger partial charge in [0.25, 0.3) is 0 Å². The quantitative estimate of drug-likeness (QED) is 0.571. The second-order valence-corrected chi connectivity index (χ2v) is 5.28. The normalized spacial score (nSPS) is 16.0. The van der Waals surface area contributed by atoms with Crippen LogP contribution < -0.4 is 0 Å². The molecule has 92 valence electrons. The zero-order chi connectivity index (χ0) is 11.8. The van der Waals surface area contributed by atoms with Gasteiger partial charge in [-0.25, -0.2) is 0 Å². The highest BCUT2D eigenvalue weighted by Crippen LogP contribution is 2.21. The van der Waals surface area contributed by atoms with Gasteiger partial charge in [0.2, 0.25) is 0 Å². The summed E-state index contributed by atoms with van der Waals surface area (Å²) >= 11 is 0. The Morgan fingerprint density at radius 3 is 1.27 bits per heavy atom. The lowest BCUT2D eigenvalue weighted by atomic mass is 9.99. The smallest absolute Gasteiger partial charge is 0.0601 e. The molecule has 0 amide bonds. The minimum Gasteiger partial charge on any atom is -0.374 e. The predicted octanol–water partition coefficient (Wildman–Crippen LogP) is 4.65. The molecule has 0 aliphatic carbocycles. The fraction of sp³-hybridized carbons (Fsp3) is 1.00. The average Bonchev–Trinajstić information content (AvgIpc) is 2.15. The SMILES string of the molecule is CCCC(OC(CCC)C(C)C)C(C)C. The first kappa shape index (κ1) is 15.0. The van der Waals surface area contributed by atoms with E-state index in [2.05, 4.69) is 41.5 Å². The molecule has 0 aromatic heterocycles. The summed E-state index contributed by atoms with van der Waals surface area (Å²) in [4.78, 5) is 0. The van der Waals surface area contributed by atoms with Crippen LogP contribution in [0.15, 0.2) is 0 Å². The van der Waals surface area contributed by atoms with E-state index in [1.165, 1.54) is 25.7 Å². The van der Waals surface area contributed by atoms with Crippen molar-refractivity contribution in [2.75, 3.05) is 0 Å². The lowest BCUT2D eigenvalue weighted by Gasteiger charge is -2.29. The molecule has 0 spiro atoms. The number of hydrogen-bond acceptors (Lipinski definition) is 1. The molecule has 0 saturated carbocycles. The second kappa shape index (κ2) is 8.15. The molecular formula is C14H30O. The molecular weight excluding hydrogens is 184 g/mol. The first-order chi connectivity index (χ1) is 7.02. The Morgan fingerprint density at radius 1 is 0.733 bits per heavy atom. The molecule has 2 unspecified atom stereocenters. The van der Waals surface area contributed by atoms with Crippen molar-refractivity contribution < 1.29 is 4.74 Å². The van der Waals surface area contributed by atoms with Crippen molar-refractivity contribution in [2.24, 2.45) is 11.8 Å². The van der Waals surface area contributed by atoms with Crippen LogP contribution in [0.1, 0.15) is 67.2 Å². The van der Waals surface area contributed by atoms with Crippen molar-refractivity contribution in [3.8, 4) is 0 Å². The number of rotatable bonds is 8. The van der Waals surface area contributed by atoms with Gasteiger partial charge in [-0.3, -0.25) is 0 Å². The summed E-state index contributed by atoms with van der Waals surface area (Å²) in [5, 5.41) is 0. The van der Waals surface area contributed by atoms with Crippen LogP contribution in [-0.2, 0) is 4.74 Å². The molecule has 0 N–H and O–H groups in total. The Balaban J connectivity index is 4.19.